The van der Waals surface area contributed by atoms with E-state index in [4.69, 9.17) is 0 Å². The summed E-state index contributed by atoms with van der Waals surface area (Å²) in [6, 6.07) is 30.6. The van der Waals surface area contributed by atoms with Crippen LogP contribution in [0.1, 0.15) is 80.0 Å². The summed E-state index contributed by atoms with van der Waals surface area (Å²) in [7, 11) is 0. The fraction of sp³-hybridized carbons (Fsp3) is 0.312. The Balaban J connectivity index is 1.67. The molecule has 0 N–H and O–H groups in total. The molecule has 3 aromatic rings. The van der Waals surface area contributed by atoms with Crippen LogP contribution in [-0.2, 0) is 0 Å². The smallest absolute Gasteiger partial charge is 0.0159 e. The maximum Gasteiger partial charge on any atom is -0.0159 e. The number of hydrogen-bond donors (Lipinski definition) is 0. The minimum Gasteiger partial charge on any atom is -0.0985 e. The van der Waals surface area contributed by atoms with Gasteiger partial charge < -0.3 is 0 Å². The van der Waals surface area contributed by atoms with Gasteiger partial charge in [-0.05, 0) is 65.7 Å². The molecular weight excluding hydrogens is 384 g/mol. The second-order valence-corrected chi connectivity index (χ2v) is 8.98. The number of allylic oxidation sites excluding steroid dienone is 1. The lowest BCUT2D eigenvalue weighted by molar-refractivity contribution is 0.445. The van der Waals surface area contributed by atoms with Crippen molar-refractivity contribution in [1.29, 1.82) is 0 Å². The van der Waals surface area contributed by atoms with Crippen LogP contribution in [0.5, 0.6) is 0 Å². The van der Waals surface area contributed by atoms with Crippen LogP contribution in [0, 0.1) is 5.92 Å². The van der Waals surface area contributed by atoms with Crippen molar-refractivity contribution in [3.8, 4) is 0 Å². The molecule has 3 atom stereocenters. The fourth-order valence-electron chi connectivity index (χ4n) is 4.55. The number of rotatable bonds is 12. The van der Waals surface area contributed by atoms with Gasteiger partial charge >= 0.3 is 0 Å². The molecule has 3 aromatic carbocycles. The van der Waals surface area contributed by atoms with Gasteiger partial charge in [0.2, 0.25) is 0 Å². The van der Waals surface area contributed by atoms with E-state index in [2.05, 4.69) is 118 Å². The Morgan fingerprint density at radius 3 is 1.94 bits per heavy atom. The highest BCUT2D eigenvalue weighted by Crippen LogP contribution is 2.32. The molecule has 0 radical (unpaired) electrons. The lowest BCUT2D eigenvalue weighted by atomic mass is 9.83. The highest BCUT2D eigenvalue weighted by atomic mass is 14.2. The van der Waals surface area contributed by atoms with Gasteiger partial charge in [-0.15, -0.1) is 0 Å². The van der Waals surface area contributed by atoms with E-state index in [0.29, 0.717) is 17.8 Å². The zero-order valence-corrected chi connectivity index (χ0v) is 19.8. The van der Waals surface area contributed by atoms with Crippen molar-refractivity contribution in [3.63, 3.8) is 0 Å². The highest BCUT2D eigenvalue weighted by Gasteiger charge is 2.16. The van der Waals surface area contributed by atoms with E-state index in [1.54, 1.807) is 0 Å². The van der Waals surface area contributed by atoms with Gasteiger partial charge in [0, 0.05) is 0 Å². The topological polar surface area (TPSA) is 0 Å². The van der Waals surface area contributed by atoms with E-state index >= 15 is 0 Å². The van der Waals surface area contributed by atoms with Crippen molar-refractivity contribution >= 4 is 12.2 Å². The summed E-state index contributed by atoms with van der Waals surface area (Å²) in [5, 5.41) is 0. The first kappa shape index (κ1) is 23.8. The SMILES string of the molecule is C=Cc1ccc(C=CC(CCCC(C)c2ccccc2)CC(CC)c2ccccc2)cc1. The van der Waals surface area contributed by atoms with Crippen LogP contribution in [0.15, 0.2) is 97.6 Å². The van der Waals surface area contributed by atoms with Gasteiger partial charge in [-0.1, -0.05) is 130 Å². The average Bonchev–Trinajstić information content (AvgIpc) is 2.86. The molecule has 0 nitrogen and oxygen atoms in total. The van der Waals surface area contributed by atoms with Crippen LogP contribution >= 0.6 is 0 Å². The molecule has 3 unspecified atom stereocenters. The van der Waals surface area contributed by atoms with E-state index in [1.807, 2.05) is 6.08 Å². The zero-order valence-electron chi connectivity index (χ0n) is 19.8. The van der Waals surface area contributed by atoms with Crippen LogP contribution in [-0.4, -0.2) is 0 Å². The largest absolute Gasteiger partial charge is 0.0985 e. The van der Waals surface area contributed by atoms with Gasteiger partial charge in [0.05, 0.1) is 0 Å². The maximum absolute atomic E-state index is 3.86. The minimum atomic E-state index is 0.585. The van der Waals surface area contributed by atoms with Crippen LogP contribution in [0.3, 0.4) is 0 Å². The Labute approximate surface area is 195 Å². The first-order valence-corrected chi connectivity index (χ1v) is 12.2. The molecule has 0 bridgehead atoms. The van der Waals surface area contributed by atoms with Crippen LogP contribution in [0.25, 0.3) is 12.2 Å². The lowest BCUT2D eigenvalue weighted by Crippen LogP contribution is -2.06. The maximum atomic E-state index is 3.86. The molecule has 0 saturated carbocycles. The Morgan fingerprint density at radius 1 is 0.750 bits per heavy atom. The summed E-state index contributed by atoms with van der Waals surface area (Å²) < 4.78 is 0. The van der Waals surface area contributed by atoms with E-state index < -0.39 is 0 Å². The van der Waals surface area contributed by atoms with Gasteiger partial charge in [0.15, 0.2) is 0 Å². The molecule has 0 saturated heterocycles. The van der Waals surface area contributed by atoms with Gasteiger partial charge in [0.1, 0.15) is 0 Å². The molecule has 0 aliphatic carbocycles. The molecule has 0 aliphatic heterocycles. The summed E-state index contributed by atoms with van der Waals surface area (Å²) in [6.45, 7) is 8.54. The number of benzene rings is 3. The predicted octanol–water partition coefficient (Wildman–Crippen LogP) is 9.52. The molecule has 166 valence electrons. The van der Waals surface area contributed by atoms with Crippen molar-refractivity contribution in [3.05, 3.63) is 120 Å². The van der Waals surface area contributed by atoms with E-state index in [1.165, 1.54) is 54.4 Å². The molecule has 0 aromatic heterocycles. The first-order chi connectivity index (χ1) is 15.7. The van der Waals surface area contributed by atoms with Crippen molar-refractivity contribution in [2.45, 2.75) is 57.8 Å². The van der Waals surface area contributed by atoms with E-state index in [0.717, 1.165) is 0 Å². The Hall–Kier alpha value is -2.86. The monoisotopic (exact) mass is 422 g/mol. The fourth-order valence-corrected chi connectivity index (χ4v) is 4.55. The van der Waals surface area contributed by atoms with Crippen LogP contribution in [0.4, 0.5) is 0 Å². The third-order valence-corrected chi connectivity index (χ3v) is 6.66. The van der Waals surface area contributed by atoms with Gasteiger partial charge in [-0.25, -0.2) is 0 Å². The van der Waals surface area contributed by atoms with Gasteiger partial charge in [-0.3, -0.25) is 0 Å². The minimum absolute atomic E-state index is 0.585. The van der Waals surface area contributed by atoms with E-state index in [9.17, 15) is 0 Å². The second-order valence-electron chi connectivity index (χ2n) is 8.98. The summed E-state index contributed by atoms with van der Waals surface area (Å²) in [6.07, 6.45) is 12.8. The van der Waals surface area contributed by atoms with Gasteiger partial charge in [0.25, 0.3) is 0 Å². The van der Waals surface area contributed by atoms with Crippen molar-refractivity contribution in [1.82, 2.24) is 0 Å². The summed E-state index contributed by atoms with van der Waals surface area (Å²) in [5.41, 5.74) is 5.37. The lowest BCUT2D eigenvalue weighted by Gasteiger charge is -2.22. The predicted molar refractivity (Wildman–Crippen MR) is 142 cm³/mol. The Bertz CT molecular complexity index is 934. The molecule has 0 aliphatic rings. The van der Waals surface area contributed by atoms with Crippen LogP contribution < -0.4 is 0 Å². The summed E-state index contributed by atoms with van der Waals surface area (Å²) in [5.74, 6) is 1.81. The molecular formula is C32H38. The Kier molecular flexibility index (Phi) is 9.57. The average molecular weight is 423 g/mol. The van der Waals surface area contributed by atoms with E-state index in [-0.39, 0.29) is 0 Å². The van der Waals surface area contributed by atoms with Crippen molar-refractivity contribution in [2.24, 2.45) is 5.92 Å². The summed E-state index contributed by atoms with van der Waals surface area (Å²) in [4.78, 5) is 0. The molecule has 0 heterocycles. The number of hydrogen-bond acceptors (Lipinski definition) is 0. The molecule has 0 spiro atoms. The second kappa shape index (κ2) is 12.9. The van der Waals surface area contributed by atoms with Gasteiger partial charge in [-0.2, -0.15) is 0 Å². The zero-order chi connectivity index (χ0) is 22.6. The molecule has 0 heteroatoms. The standard InChI is InChI=1S/C32H38/c1-4-27-19-21-28(22-20-27)23-24-29(25-30(5-2)32-17-10-7-11-18-32)14-12-13-26(3)31-15-8-6-9-16-31/h4,6-11,15-24,26,29-30H,1,5,12-14,25H2,2-3H3. The molecule has 32 heavy (non-hydrogen) atoms. The third-order valence-electron chi connectivity index (χ3n) is 6.66. The quantitative estimate of drug-likeness (QED) is 0.272. The summed E-state index contributed by atoms with van der Waals surface area (Å²) >= 11 is 0. The molecule has 0 amide bonds. The molecule has 3 rings (SSSR count). The third kappa shape index (κ3) is 7.38. The highest BCUT2D eigenvalue weighted by molar-refractivity contribution is 5.54. The normalized spacial score (nSPS) is 14.2. The van der Waals surface area contributed by atoms with Crippen LogP contribution in [0.2, 0.25) is 0 Å². The Morgan fingerprint density at radius 2 is 1.34 bits per heavy atom. The van der Waals surface area contributed by atoms with Crippen molar-refractivity contribution < 1.29 is 0 Å². The van der Waals surface area contributed by atoms with Crippen molar-refractivity contribution in [2.75, 3.05) is 0 Å². The first-order valence-electron chi connectivity index (χ1n) is 12.2. The molecule has 0 fully saturated rings.